The number of nitrogens with one attached hydrogen (secondary N) is 1. The number of aryl methyl sites for hydroxylation is 1. The van der Waals surface area contributed by atoms with Gasteiger partial charge in [0, 0.05) is 6.04 Å². The summed E-state index contributed by atoms with van der Waals surface area (Å²) in [5.74, 6) is -0.121. The van der Waals surface area contributed by atoms with Gasteiger partial charge < -0.3 is 5.32 Å². The smallest absolute Gasteiger partial charge is 0.126 e. The zero-order chi connectivity index (χ0) is 13.8. The molecular formula is C16H26FN. The maximum absolute atomic E-state index is 13.3. The summed E-state index contributed by atoms with van der Waals surface area (Å²) in [5, 5.41) is 3.50. The fraction of sp³-hybridized carbons (Fsp3) is 0.625. The van der Waals surface area contributed by atoms with Crippen molar-refractivity contribution in [2.75, 3.05) is 6.54 Å². The zero-order valence-electron chi connectivity index (χ0n) is 12.3. The summed E-state index contributed by atoms with van der Waals surface area (Å²) < 4.78 is 13.3. The summed E-state index contributed by atoms with van der Waals surface area (Å²) in [4.78, 5) is 0. The predicted molar refractivity (Wildman–Crippen MR) is 76.2 cm³/mol. The Morgan fingerprint density at radius 2 is 1.94 bits per heavy atom. The molecule has 0 spiro atoms. The highest BCUT2D eigenvalue weighted by Gasteiger charge is 2.16. The van der Waals surface area contributed by atoms with E-state index in [1.807, 2.05) is 19.1 Å². The highest BCUT2D eigenvalue weighted by atomic mass is 19.1. The van der Waals surface area contributed by atoms with Crippen LogP contribution in [0, 0.1) is 18.2 Å². The van der Waals surface area contributed by atoms with Crippen LogP contribution < -0.4 is 5.32 Å². The lowest BCUT2D eigenvalue weighted by Gasteiger charge is -2.24. The Labute approximate surface area is 111 Å². The van der Waals surface area contributed by atoms with Crippen molar-refractivity contribution in [2.24, 2.45) is 5.41 Å². The second-order valence-corrected chi connectivity index (χ2v) is 6.22. The van der Waals surface area contributed by atoms with Gasteiger partial charge in [-0.3, -0.25) is 0 Å². The molecular weight excluding hydrogens is 225 g/mol. The second-order valence-electron chi connectivity index (χ2n) is 6.22. The molecule has 0 aliphatic carbocycles. The molecule has 1 atom stereocenters. The van der Waals surface area contributed by atoms with Crippen LogP contribution in [-0.2, 0) is 0 Å². The maximum atomic E-state index is 13.3. The molecule has 0 aliphatic rings. The summed E-state index contributed by atoms with van der Waals surface area (Å²) in [6, 6.07) is 5.77. The molecule has 0 aliphatic heterocycles. The van der Waals surface area contributed by atoms with Crippen molar-refractivity contribution in [3.8, 4) is 0 Å². The first kappa shape index (κ1) is 15.2. The minimum atomic E-state index is -0.121. The number of hydrogen-bond acceptors (Lipinski definition) is 1. The van der Waals surface area contributed by atoms with E-state index in [1.165, 1.54) is 5.56 Å². The Hall–Kier alpha value is -0.890. The summed E-state index contributed by atoms with van der Waals surface area (Å²) in [5.41, 5.74) is 2.26. The minimum absolute atomic E-state index is 0.121. The largest absolute Gasteiger partial charge is 0.310 e. The van der Waals surface area contributed by atoms with Crippen LogP contribution in [0.2, 0.25) is 0 Å². The molecule has 1 unspecified atom stereocenters. The first-order chi connectivity index (χ1) is 8.33. The van der Waals surface area contributed by atoms with E-state index in [9.17, 15) is 4.39 Å². The van der Waals surface area contributed by atoms with E-state index in [4.69, 9.17) is 0 Å². The number of halogens is 1. The summed E-state index contributed by atoms with van der Waals surface area (Å²) >= 11 is 0. The van der Waals surface area contributed by atoms with Gasteiger partial charge in [0.05, 0.1) is 0 Å². The van der Waals surface area contributed by atoms with Crippen LogP contribution in [0.15, 0.2) is 18.2 Å². The quantitative estimate of drug-likeness (QED) is 0.805. The number of benzene rings is 1. The third-order valence-electron chi connectivity index (χ3n) is 3.22. The molecule has 0 amide bonds. The number of rotatable bonds is 5. The van der Waals surface area contributed by atoms with Crippen LogP contribution in [0.25, 0.3) is 0 Å². The van der Waals surface area contributed by atoms with Gasteiger partial charge in [0.1, 0.15) is 5.82 Å². The summed E-state index contributed by atoms with van der Waals surface area (Å²) in [6.07, 6.45) is 2.24. The lowest BCUT2D eigenvalue weighted by molar-refractivity contribution is 0.333. The van der Waals surface area contributed by atoms with Crippen molar-refractivity contribution in [3.05, 3.63) is 35.1 Å². The van der Waals surface area contributed by atoms with Crippen LogP contribution in [-0.4, -0.2) is 6.54 Å². The minimum Gasteiger partial charge on any atom is -0.310 e. The van der Waals surface area contributed by atoms with E-state index in [-0.39, 0.29) is 5.82 Å². The maximum Gasteiger partial charge on any atom is 0.126 e. The highest BCUT2D eigenvalue weighted by Crippen LogP contribution is 2.28. The Bertz CT molecular complexity index is 379. The van der Waals surface area contributed by atoms with E-state index in [1.54, 1.807) is 6.07 Å². The average Bonchev–Trinajstić information content (AvgIpc) is 2.27. The standard InChI is InChI=1S/C16H26FN/c1-6-18-15(9-10-16(3,4)5)13-7-8-14(17)12(2)11-13/h7-8,11,15,18H,6,9-10H2,1-5H3. The molecule has 18 heavy (non-hydrogen) atoms. The van der Waals surface area contributed by atoms with Gasteiger partial charge in [0.2, 0.25) is 0 Å². The van der Waals surface area contributed by atoms with Gasteiger partial charge in [0.25, 0.3) is 0 Å². The normalized spacial score (nSPS) is 13.7. The molecule has 1 aromatic carbocycles. The topological polar surface area (TPSA) is 12.0 Å². The molecule has 0 saturated heterocycles. The molecule has 2 heteroatoms. The van der Waals surface area contributed by atoms with Gasteiger partial charge in [-0.25, -0.2) is 4.39 Å². The van der Waals surface area contributed by atoms with Gasteiger partial charge in [-0.2, -0.15) is 0 Å². The Kier molecular flexibility index (Phi) is 5.33. The SMILES string of the molecule is CCNC(CCC(C)(C)C)c1ccc(F)c(C)c1. The van der Waals surface area contributed by atoms with Gasteiger partial charge in [-0.1, -0.05) is 39.8 Å². The molecule has 0 bridgehead atoms. The Morgan fingerprint density at radius 3 is 2.44 bits per heavy atom. The first-order valence-electron chi connectivity index (χ1n) is 6.83. The molecule has 0 radical (unpaired) electrons. The van der Waals surface area contributed by atoms with Crippen molar-refractivity contribution in [1.29, 1.82) is 0 Å². The van der Waals surface area contributed by atoms with E-state index in [0.29, 0.717) is 11.5 Å². The molecule has 0 saturated carbocycles. The number of hydrogen-bond donors (Lipinski definition) is 1. The van der Waals surface area contributed by atoms with Gasteiger partial charge in [0.15, 0.2) is 0 Å². The lowest BCUT2D eigenvalue weighted by Crippen LogP contribution is -2.22. The third-order valence-corrected chi connectivity index (χ3v) is 3.22. The van der Waals surface area contributed by atoms with Crippen LogP contribution in [0.5, 0.6) is 0 Å². The summed E-state index contributed by atoms with van der Waals surface area (Å²) in [6.45, 7) is 11.6. The van der Waals surface area contributed by atoms with E-state index in [0.717, 1.165) is 24.9 Å². The monoisotopic (exact) mass is 251 g/mol. The molecule has 1 rings (SSSR count). The Balaban J connectivity index is 2.80. The van der Waals surface area contributed by atoms with E-state index in [2.05, 4.69) is 33.0 Å². The second kappa shape index (κ2) is 6.33. The fourth-order valence-corrected chi connectivity index (χ4v) is 2.09. The molecule has 0 fully saturated rings. The lowest BCUT2D eigenvalue weighted by atomic mass is 9.87. The van der Waals surface area contributed by atoms with Gasteiger partial charge in [-0.15, -0.1) is 0 Å². The average molecular weight is 251 g/mol. The third kappa shape index (κ3) is 4.77. The molecule has 0 aromatic heterocycles. The molecule has 1 nitrogen and oxygen atoms in total. The van der Waals surface area contributed by atoms with E-state index < -0.39 is 0 Å². The predicted octanol–water partition coefficient (Wildman–Crippen LogP) is 4.61. The first-order valence-corrected chi connectivity index (χ1v) is 6.83. The molecule has 102 valence electrons. The van der Waals surface area contributed by atoms with Crippen molar-refractivity contribution in [1.82, 2.24) is 5.32 Å². The molecule has 1 N–H and O–H groups in total. The van der Waals surface area contributed by atoms with Crippen LogP contribution >= 0.6 is 0 Å². The summed E-state index contributed by atoms with van der Waals surface area (Å²) in [7, 11) is 0. The van der Waals surface area contributed by atoms with Crippen LogP contribution in [0.4, 0.5) is 4.39 Å². The van der Waals surface area contributed by atoms with Gasteiger partial charge >= 0.3 is 0 Å². The van der Waals surface area contributed by atoms with Crippen molar-refractivity contribution >= 4 is 0 Å². The zero-order valence-corrected chi connectivity index (χ0v) is 12.3. The molecule has 0 heterocycles. The van der Waals surface area contributed by atoms with Crippen molar-refractivity contribution in [3.63, 3.8) is 0 Å². The van der Waals surface area contributed by atoms with Crippen LogP contribution in [0.3, 0.4) is 0 Å². The van der Waals surface area contributed by atoms with Crippen molar-refractivity contribution in [2.45, 2.75) is 53.5 Å². The molecule has 1 aromatic rings. The van der Waals surface area contributed by atoms with E-state index >= 15 is 0 Å². The fourth-order valence-electron chi connectivity index (χ4n) is 2.09. The van der Waals surface area contributed by atoms with Crippen molar-refractivity contribution < 1.29 is 4.39 Å². The van der Waals surface area contributed by atoms with Gasteiger partial charge in [-0.05, 0) is 48.9 Å². The highest BCUT2D eigenvalue weighted by molar-refractivity contribution is 5.26. The Morgan fingerprint density at radius 1 is 1.28 bits per heavy atom. The van der Waals surface area contributed by atoms with Crippen LogP contribution in [0.1, 0.15) is 57.7 Å².